The van der Waals surface area contributed by atoms with Gasteiger partial charge < -0.3 is 19.2 Å². The largest absolute Gasteiger partial charge is 0.486 e. The summed E-state index contributed by atoms with van der Waals surface area (Å²) in [5.74, 6) is 1.68. The lowest BCUT2D eigenvalue weighted by atomic mass is 9.95. The molecule has 1 aliphatic rings. The van der Waals surface area contributed by atoms with Crippen LogP contribution in [0.1, 0.15) is 41.6 Å². The Bertz CT molecular complexity index is 1200. The fourth-order valence-electron chi connectivity index (χ4n) is 3.56. The molecule has 1 aromatic heterocycles. The molecule has 1 amide bonds. The highest BCUT2D eigenvalue weighted by molar-refractivity contribution is 7.89. The van der Waals surface area contributed by atoms with Crippen LogP contribution in [-0.4, -0.2) is 27.5 Å². The molecule has 0 bridgehead atoms. The minimum atomic E-state index is -3.73. The number of furan rings is 1. The first kappa shape index (κ1) is 22.9. The van der Waals surface area contributed by atoms with Gasteiger partial charge in [0.15, 0.2) is 11.5 Å². The number of ether oxygens (including phenoxy) is 2. The zero-order valence-corrected chi connectivity index (χ0v) is 19.2. The maximum Gasteiger partial charge on any atom is 0.251 e. The third-order valence-electron chi connectivity index (χ3n) is 5.32. The quantitative estimate of drug-likeness (QED) is 0.520. The number of nitrogens with one attached hydrogen (secondary N) is 2. The molecule has 3 aromatic rings. The van der Waals surface area contributed by atoms with E-state index < -0.39 is 10.0 Å². The third kappa shape index (κ3) is 5.37. The monoisotopic (exact) mass is 470 g/mol. The average molecular weight is 471 g/mol. The van der Waals surface area contributed by atoms with Gasteiger partial charge in [-0.3, -0.25) is 4.79 Å². The van der Waals surface area contributed by atoms with Crippen molar-refractivity contribution >= 4 is 15.9 Å². The van der Waals surface area contributed by atoms with Crippen LogP contribution in [0.5, 0.6) is 11.5 Å². The van der Waals surface area contributed by atoms with Gasteiger partial charge in [-0.05, 0) is 60.0 Å². The van der Waals surface area contributed by atoms with E-state index in [0.29, 0.717) is 36.0 Å². The molecule has 2 heterocycles. The van der Waals surface area contributed by atoms with Crippen molar-refractivity contribution in [2.45, 2.75) is 31.3 Å². The Morgan fingerprint density at radius 1 is 1.00 bits per heavy atom. The van der Waals surface area contributed by atoms with Crippen molar-refractivity contribution in [2.75, 3.05) is 13.2 Å². The molecule has 33 heavy (non-hydrogen) atoms. The SMILES string of the molecule is CC(C)[C@H](NC(=O)c1ccc(S(=O)(=O)NCc2ccco2)cc1)c1ccc2c(c1)OCCO2. The van der Waals surface area contributed by atoms with E-state index >= 15 is 0 Å². The fourth-order valence-corrected chi connectivity index (χ4v) is 4.55. The molecule has 2 N–H and O–H groups in total. The molecule has 0 saturated heterocycles. The lowest BCUT2D eigenvalue weighted by Crippen LogP contribution is -2.32. The predicted molar refractivity (Wildman–Crippen MR) is 122 cm³/mol. The number of rotatable bonds is 8. The van der Waals surface area contributed by atoms with Gasteiger partial charge in [0, 0.05) is 5.56 Å². The van der Waals surface area contributed by atoms with Gasteiger partial charge >= 0.3 is 0 Å². The molecule has 0 unspecified atom stereocenters. The second-order valence-electron chi connectivity index (χ2n) is 8.03. The van der Waals surface area contributed by atoms with Crippen LogP contribution in [0.4, 0.5) is 0 Å². The van der Waals surface area contributed by atoms with Gasteiger partial charge in [-0.1, -0.05) is 19.9 Å². The van der Waals surface area contributed by atoms with E-state index in [0.717, 1.165) is 5.56 Å². The van der Waals surface area contributed by atoms with Crippen LogP contribution in [0.15, 0.2) is 70.2 Å². The normalized spacial score (nSPS) is 14.2. The number of hydrogen-bond acceptors (Lipinski definition) is 6. The Kier molecular flexibility index (Phi) is 6.71. The van der Waals surface area contributed by atoms with Gasteiger partial charge in [0.05, 0.1) is 23.7 Å². The molecule has 9 heteroatoms. The van der Waals surface area contributed by atoms with Gasteiger partial charge in [-0.2, -0.15) is 0 Å². The van der Waals surface area contributed by atoms with Crippen molar-refractivity contribution in [1.29, 1.82) is 0 Å². The summed E-state index contributed by atoms with van der Waals surface area (Å²) in [6.07, 6.45) is 1.48. The Labute approximate surface area is 193 Å². The summed E-state index contributed by atoms with van der Waals surface area (Å²) in [4.78, 5) is 13.0. The van der Waals surface area contributed by atoms with Crippen molar-refractivity contribution in [1.82, 2.24) is 10.0 Å². The van der Waals surface area contributed by atoms with Crippen LogP contribution in [0.2, 0.25) is 0 Å². The van der Waals surface area contributed by atoms with Crippen molar-refractivity contribution in [3.63, 3.8) is 0 Å². The van der Waals surface area contributed by atoms with E-state index in [1.165, 1.54) is 30.5 Å². The van der Waals surface area contributed by atoms with Crippen molar-refractivity contribution in [2.24, 2.45) is 5.92 Å². The maximum atomic E-state index is 12.9. The highest BCUT2D eigenvalue weighted by Gasteiger charge is 2.22. The standard InChI is InChI=1S/C24H26N2O6S/c1-16(2)23(18-7-10-21-22(14-18)32-13-12-31-21)26-24(27)17-5-8-20(9-6-17)33(28,29)25-15-19-4-3-11-30-19/h3-11,14,16,23,25H,12-13,15H2,1-2H3,(H,26,27)/t23-/m0/s1. The van der Waals surface area contributed by atoms with E-state index in [4.69, 9.17) is 13.9 Å². The molecule has 4 rings (SSSR count). The maximum absolute atomic E-state index is 12.9. The van der Waals surface area contributed by atoms with Gasteiger partial charge in [-0.15, -0.1) is 0 Å². The van der Waals surface area contributed by atoms with Crippen LogP contribution in [0, 0.1) is 5.92 Å². The van der Waals surface area contributed by atoms with Crippen LogP contribution in [-0.2, 0) is 16.6 Å². The van der Waals surface area contributed by atoms with Crippen LogP contribution in [0.25, 0.3) is 0 Å². The molecule has 8 nitrogen and oxygen atoms in total. The molecule has 1 atom stereocenters. The third-order valence-corrected chi connectivity index (χ3v) is 6.74. The number of amides is 1. The summed E-state index contributed by atoms with van der Waals surface area (Å²) >= 11 is 0. The minimum Gasteiger partial charge on any atom is -0.486 e. The fraction of sp³-hybridized carbons (Fsp3) is 0.292. The summed E-state index contributed by atoms with van der Waals surface area (Å²) in [5, 5.41) is 3.04. The number of fused-ring (bicyclic) bond motifs is 1. The molecule has 0 aliphatic carbocycles. The molecule has 174 valence electrons. The van der Waals surface area contributed by atoms with Crippen molar-refractivity contribution in [3.8, 4) is 11.5 Å². The van der Waals surface area contributed by atoms with Gasteiger partial charge in [-0.25, -0.2) is 13.1 Å². The topological polar surface area (TPSA) is 107 Å². The number of carbonyl (C=O) groups is 1. The molecular weight excluding hydrogens is 444 g/mol. The van der Waals surface area contributed by atoms with Gasteiger partial charge in [0.2, 0.25) is 10.0 Å². The first-order valence-electron chi connectivity index (χ1n) is 10.7. The second-order valence-corrected chi connectivity index (χ2v) is 9.79. The number of hydrogen-bond donors (Lipinski definition) is 2. The van der Waals surface area contributed by atoms with Crippen LogP contribution in [0.3, 0.4) is 0 Å². The van der Waals surface area contributed by atoms with E-state index in [2.05, 4.69) is 10.0 Å². The summed E-state index contributed by atoms with van der Waals surface area (Å²) in [6, 6.07) is 14.6. The summed E-state index contributed by atoms with van der Waals surface area (Å²) < 4.78 is 43.9. The zero-order valence-electron chi connectivity index (χ0n) is 18.4. The van der Waals surface area contributed by atoms with Crippen LogP contribution < -0.4 is 19.5 Å². The molecule has 1 aliphatic heterocycles. The van der Waals surface area contributed by atoms with E-state index in [-0.39, 0.29) is 29.3 Å². The Balaban J connectivity index is 1.45. The summed E-state index contributed by atoms with van der Waals surface area (Å²) in [7, 11) is -3.73. The zero-order chi connectivity index (χ0) is 23.4. The molecule has 0 saturated carbocycles. The van der Waals surface area contributed by atoms with Crippen molar-refractivity contribution < 1.29 is 27.1 Å². The second kappa shape index (κ2) is 9.68. The van der Waals surface area contributed by atoms with E-state index in [1.54, 1.807) is 12.1 Å². The Morgan fingerprint density at radius 3 is 2.39 bits per heavy atom. The molecule has 0 spiro atoms. The van der Waals surface area contributed by atoms with Gasteiger partial charge in [0.1, 0.15) is 19.0 Å². The first-order valence-corrected chi connectivity index (χ1v) is 12.1. The number of benzene rings is 2. The highest BCUT2D eigenvalue weighted by Crippen LogP contribution is 2.34. The number of sulfonamides is 1. The number of carbonyl (C=O) groups excluding carboxylic acids is 1. The highest BCUT2D eigenvalue weighted by atomic mass is 32.2. The molecular formula is C24H26N2O6S. The lowest BCUT2D eigenvalue weighted by Gasteiger charge is -2.25. The lowest BCUT2D eigenvalue weighted by molar-refractivity contribution is 0.0925. The molecule has 2 aromatic carbocycles. The summed E-state index contributed by atoms with van der Waals surface area (Å²) in [6.45, 7) is 5.08. The summed E-state index contributed by atoms with van der Waals surface area (Å²) in [5.41, 5.74) is 1.27. The Morgan fingerprint density at radius 2 is 1.73 bits per heavy atom. The minimum absolute atomic E-state index is 0.0448. The van der Waals surface area contributed by atoms with Crippen molar-refractivity contribution in [3.05, 3.63) is 77.7 Å². The average Bonchev–Trinajstić information content (AvgIpc) is 3.34. The first-order chi connectivity index (χ1) is 15.8. The molecule has 0 radical (unpaired) electrons. The molecule has 0 fully saturated rings. The predicted octanol–water partition coefficient (Wildman–Crippen LogP) is 3.66. The van der Waals surface area contributed by atoms with Gasteiger partial charge in [0.25, 0.3) is 5.91 Å². The Hall–Kier alpha value is -3.30. The van der Waals surface area contributed by atoms with E-state index in [9.17, 15) is 13.2 Å². The van der Waals surface area contributed by atoms with Crippen LogP contribution >= 0.6 is 0 Å². The smallest absolute Gasteiger partial charge is 0.251 e. The van der Waals surface area contributed by atoms with E-state index in [1.807, 2.05) is 32.0 Å².